The fraction of sp³-hybridized carbons (Fsp3) is 0.167. The first kappa shape index (κ1) is 13.2. The molecule has 1 aromatic heterocycles. The Morgan fingerprint density at radius 1 is 1.22 bits per heavy atom. The van der Waals surface area contributed by atoms with E-state index in [4.69, 9.17) is 11.6 Å². The Morgan fingerprint density at radius 3 is 2.67 bits per heavy atom. The molecule has 94 valence electrons. The third kappa shape index (κ3) is 2.62. The van der Waals surface area contributed by atoms with Gasteiger partial charge in [0, 0.05) is 4.47 Å². The zero-order chi connectivity index (χ0) is 13.3. The van der Waals surface area contributed by atoms with E-state index in [9.17, 15) is 4.39 Å². The highest BCUT2D eigenvalue weighted by Crippen LogP contribution is 2.28. The number of nitrogens with one attached hydrogen (secondary N) is 1. The van der Waals surface area contributed by atoms with E-state index in [0.717, 1.165) is 15.6 Å². The topological polar surface area (TPSA) is 37.8 Å². The summed E-state index contributed by atoms with van der Waals surface area (Å²) >= 11 is 9.22. The van der Waals surface area contributed by atoms with Crippen LogP contribution in [0.25, 0.3) is 0 Å². The lowest BCUT2D eigenvalue weighted by molar-refractivity contribution is 0.628. The van der Waals surface area contributed by atoms with Crippen molar-refractivity contribution in [2.45, 2.75) is 13.8 Å². The zero-order valence-corrected chi connectivity index (χ0v) is 12.1. The van der Waals surface area contributed by atoms with Gasteiger partial charge in [0.05, 0.1) is 5.69 Å². The third-order valence-electron chi connectivity index (χ3n) is 2.65. The highest BCUT2D eigenvalue weighted by Gasteiger charge is 2.10. The monoisotopic (exact) mass is 329 g/mol. The molecule has 0 bridgehead atoms. The minimum Gasteiger partial charge on any atom is -0.337 e. The first-order valence-electron chi connectivity index (χ1n) is 5.20. The maximum absolute atomic E-state index is 13.2. The van der Waals surface area contributed by atoms with Crippen molar-refractivity contribution in [3.05, 3.63) is 44.8 Å². The van der Waals surface area contributed by atoms with Crippen LogP contribution in [0.1, 0.15) is 11.1 Å². The van der Waals surface area contributed by atoms with Gasteiger partial charge in [-0.2, -0.15) is 0 Å². The Morgan fingerprint density at radius 2 is 1.94 bits per heavy atom. The smallest absolute Gasteiger partial charge is 0.156 e. The van der Waals surface area contributed by atoms with Gasteiger partial charge in [-0.3, -0.25) is 0 Å². The van der Waals surface area contributed by atoms with Gasteiger partial charge in [-0.25, -0.2) is 4.39 Å². The second-order valence-corrected chi connectivity index (χ2v) is 5.05. The van der Waals surface area contributed by atoms with Crippen molar-refractivity contribution in [1.29, 1.82) is 0 Å². The number of rotatable bonds is 2. The number of halogens is 3. The number of nitrogens with zero attached hydrogens (tertiary/aromatic N) is 2. The maximum Gasteiger partial charge on any atom is 0.156 e. The summed E-state index contributed by atoms with van der Waals surface area (Å²) in [5.41, 5.74) is 2.32. The number of benzene rings is 1. The fourth-order valence-electron chi connectivity index (χ4n) is 1.42. The molecule has 2 rings (SSSR count). The van der Waals surface area contributed by atoms with E-state index >= 15 is 0 Å². The summed E-state index contributed by atoms with van der Waals surface area (Å²) in [6.45, 7) is 3.74. The molecule has 3 nitrogen and oxygen atoms in total. The number of anilines is 2. The predicted octanol–water partition coefficient (Wildman–Crippen LogP) is 4.39. The van der Waals surface area contributed by atoms with E-state index in [1.165, 1.54) is 12.1 Å². The van der Waals surface area contributed by atoms with Crippen LogP contribution in [0.3, 0.4) is 0 Å². The van der Waals surface area contributed by atoms with Gasteiger partial charge in [0.2, 0.25) is 0 Å². The van der Waals surface area contributed by atoms with Gasteiger partial charge in [0.15, 0.2) is 11.0 Å². The Kier molecular flexibility index (Phi) is 3.82. The van der Waals surface area contributed by atoms with Crippen molar-refractivity contribution in [3.63, 3.8) is 0 Å². The molecular formula is C12H10BrClFN3. The van der Waals surface area contributed by atoms with Crippen LogP contribution < -0.4 is 5.32 Å². The first-order valence-corrected chi connectivity index (χ1v) is 6.37. The van der Waals surface area contributed by atoms with Crippen LogP contribution in [0.15, 0.2) is 22.7 Å². The predicted molar refractivity (Wildman–Crippen MR) is 73.9 cm³/mol. The SMILES string of the molecule is Cc1c(Cl)nnc(Nc2cc(F)ccc2Br)c1C. The Balaban J connectivity index is 2.40. The Bertz CT molecular complexity index is 604. The molecule has 1 aromatic carbocycles. The van der Waals surface area contributed by atoms with Gasteiger partial charge in [0.25, 0.3) is 0 Å². The van der Waals surface area contributed by atoms with Crippen molar-refractivity contribution < 1.29 is 4.39 Å². The van der Waals surface area contributed by atoms with Crippen molar-refractivity contribution in [1.82, 2.24) is 10.2 Å². The van der Waals surface area contributed by atoms with E-state index in [2.05, 4.69) is 31.4 Å². The number of aromatic nitrogens is 2. The second-order valence-electron chi connectivity index (χ2n) is 3.84. The summed E-state index contributed by atoms with van der Waals surface area (Å²) in [5.74, 6) is 0.236. The van der Waals surface area contributed by atoms with Crippen LogP contribution in [0.5, 0.6) is 0 Å². The minimum absolute atomic E-state index is 0.322. The third-order valence-corrected chi connectivity index (χ3v) is 3.70. The molecule has 18 heavy (non-hydrogen) atoms. The molecule has 0 radical (unpaired) electrons. The standard InChI is InChI=1S/C12H10BrClFN3/c1-6-7(2)12(18-17-11(6)14)16-10-5-8(15)3-4-9(10)13/h3-5H,1-2H3,(H,16,18). The van der Waals surface area contributed by atoms with Gasteiger partial charge in [-0.1, -0.05) is 11.6 Å². The molecular weight excluding hydrogens is 321 g/mol. The van der Waals surface area contributed by atoms with Gasteiger partial charge in [-0.15, -0.1) is 10.2 Å². The van der Waals surface area contributed by atoms with Crippen molar-refractivity contribution in [3.8, 4) is 0 Å². The molecule has 0 amide bonds. The van der Waals surface area contributed by atoms with Crippen molar-refractivity contribution in [2.75, 3.05) is 5.32 Å². The van der Waals surface area contributed by atoms with Gasteiger partial charge >= 0.3 is 0 Å². The molecule has 0 unspecified atom stereocenters. The molecule has 0 fully saturated rings. The average molecular weight is 331 g/mol. The molecule has 0 saturated heterocycles. The Labute approximate surface area is 118 Å². The number of hydrogen-bond donors (Lipinski definition) is 1. The van der Waals surface area contributed by atoms with Gasteiger partial charge in [-0.05, 0) is 59.1 Å². The zero-order valence-electron chi connectivity index (χ0n) is 9.76. The maximum atomic E-state index is 13.2. The van der Waals surface area contributed by atoms with E-state index in [0.29, 0.717) is 16.7 Å². The molecule has 0 atom stereocenters. The molecule has 6 heteroatoms. The summed E-state index contributed by atoms with van der Waals surface area (Å²) in [5, 5.41) is 11.2. The van der Waals surface area contributed by atoms with E-state index in [-0.39, 0.29) is 5.82 Å². The molecule has 0 aliphatic heterocycles. The van der Waals surface area contributed by atoms with Crippen LogP contribution in [-0.4, -0.2) is 10.2 Å². The molecule has 0 aliphatic rings. The summed E-state index contributed by atoms with van der Waals surface area (Å²) in [4.78, 5) is 0. The fourth-order valence-corrected chi connectivity index (χ4v) is 1.94. The highest BCUT2D eigenvalue weighted by atomic mass is 79.9. The average Bonchev–Trinajstić information content (AvgIpc) is 2.34. The number of hydrogen-bond acceptors (Lipinski definition) is 3. The van der Waals surface area contributed by atoms with Crippen LogP contribution in [0, 0.1) is 19.7 Å². The van der Waals surface area contributed by atoms with Crippen LogP contribution in [0.4, 0.5) is 15.9 Å². The molecule has 0 spiro atoms. The molecule has 0 saturated carbocycles. The van der Waals surface area contributed by atoms with Crippen LogP contribution in [0.2, 0.25) is 5.15 Å². The normalized spacial score (nSPS) is 10.5. The summed E-state index contributed by atoms with van der Waals surface area (Å²) in [7, 11) is 0. The minimum atomic E-state index is -0.322. The lowest BCUT2D eigenvalue weighted by atomic mass is 10.2. The van der Waals surface area contributed by atoms with Crippen molar-refractivity contribution >= 4 is 39.0 Å². The quantitative estimate of drug-likeness (QED) is 0.887. The highest BCUT2D eigenvalue weighted by molar-refractivity contribution is 9.10. The molecule has 0 aliphatic carbocycles. The van der Waals surface area contributed by atoms with Gasteiger partial charge < -0.3 is 5.32 Å². The van der Waals surface area contributed by atoms with E-state index in [1.807, 2.05) is 13.8 Å². The Hall–Kier alpha value is -1.20. The molecule has 1 heterocycles. The van der Waals surface area contributed by atoms with E-state index < -0.39 is 0 Å². The lowest BCUT2D eigenvalue weighted by Gasteiger charge is -2.11. The van der Waals surface area contributed by atoms with Crippen molar-refractivity contribution in [2.24, 2.45) is 0 Å². The van der Waals surface area contributed by atoms with Gasteiger partial charge in [0.1, 0.15) is 5.82 Å². The summed E-state index contributed by atoms with van der Waals surface area (Å²) < 4.78 is 13.9. The summed E-state index contributed by atoms with van der Waals surface area (Å²) in [6, 6.07) is 4.39. The largest absolute Gasteiger partial charge is 0.337 e. The lowest BCUT2D eigenvalue weighted by Crippen LogP contribution is -2.02. The summed E-state index contributed by atoms with van der Waals surface area (Å²) in [6.07, 6.45) is 0. The molecule has 1 N–H and O–H groups in total. The second kappa shape index (κ2) is 5.20. The van der Waals surface area contributed by atoms with Crippen LogP contribution >= 0.6 is 27.5 Å². The van der Waals surface area contributed by atoms with E-state index in [1.54, 1.807) is 6.07 Å². The molecule has 2 aromatic rings. The van der Waals surface area contributed by atoms with Crippen LogP contribution in [-0.2, 0) is 0 Å². The first-order chi connectivity index (χ1) is 8.49.